The minimum atomic E-state index is -0.659. The van der Waals surface area contributed by atoms with Gasteiger partial charge in [0.2, 0.25) is 0 Å². The molecule has 0 aliphatic heterocycles. The van der Waals surface area contributed by atoms with Gasteiger partial charge < -0.3 is 9.73 Å². The van der Waals surface area contributed by atoms with E-state index in [1.54, 1.807) is 18.2 Å². The Kier molecular flexibility index (Phi) is 3.77. The minimum Gasteiger partial charge on any atom is -0.422 e. The van der Waals surface area contributed by atoms with E-state index >= 15 is 0 Å². The number of nitrogens with one attached hydrogen (secondary N) is 1. The van der Waals surface area contributed by atoms with Gasteiger partial charge >= 0.3 is 5.63 Å². The minimum absolute atomic E-state index is 0.0266. The fourth-order valence-corrected chi connectivity index (χ4v) is 2.75. The lowest BCUT2D eigenvalue weighted by Crippen LogP contribution is -2.27. The van der Waals surface area contributed by atoms with E-state index < -0.39 is 11.5 Å². The summed E-state index contributed by atoms with van der Waals surface area (Å²) in [6, 6.07) is 10.2. The first-order valence-electron chi connectivity index (χ1n) is 6.17. The summed E-state index contributed by atoms with van der Waals surface area (Å²) in [7, 11) is 0. The average molecular weight is 320 g/mol. The van der Waals surface area contributed by atoms with Gasteiger partial charge in [-0.15, -0.1) is 11.3 Å². The van der Waals surface area contributed by atoms with Crippen LogP contribution in [0.3, 0.4) is 0 Å². The zero-order chi connectivity index (χ0) is 14.8. The summed E-state index contributed by atoms with van der Waals surface area (Å²) >= 11 is 7.44. The van der Waals surface area contributed by atoms with Crippen LogP contribution in [-0.4, -0.2) is 5.91 Å². The topological polar surface area (TPSA) is 59.3 Å². The van der Waals surface area contributed by atoms with Gasteiger partial charge in [0.25, 0.3) is 5.91 Å². The first-order valence-corrected chi connectivity index (χ1v) is 7.43. The smallest absolute Gasteiger partial charge is 0.349 e. The van der Waals surface area contributed by atoms with Gasteiger partial charge in [0, 0.05) is 15.3 Å². The molecule has 0 radical (unpaired) electrons. The summed E-state index contributed by atoms with van der Waals surface area (Å²) in [6.07, 6.45) is 0. The van der Waals surface area contributed by atoms with Gasteiger partial charge in [0.05, 0.1) is 6.54 Å². The van der Waals surface area contributed by atoms with Gasteiger partial charge in [0.15, 0.2) is 0 Å². The molecule has 2 heterocycles. The fraction of sp³-hybridized carbons (Fsp3) is 0.0667. The van der Waals surface area contributed by atoms with Crippen molar-refractivity contribution >= 4 is 39.8 Å². The first kappa shape index (κ1) is 13.9. The van der Waals surface area contributed by atoms with E-state index in [2.05, 4.69) is 5.32 Å². The normalized spacial score (nSPS) is 10.7. The first-order chi connectivity index (χ1) is 10.1. The van der Waals surface area contributed by atoms with Crippen LogP contribution in [-0.2, 0) is 6.54 Å². The maximum absolute atomic E-state index is 12.1. The van der Waals surface area contributed by atoms with Crippen molar-refractivity contribution < 1.29 is 9.21 Å². The molecule has 0 aliphatic carbocycles. The maximum Gasteiger partial charge on any atom is 0.349 e. The number of rotatable bonds is 3. The van der Waals surface area contributed by atoms with Gasteiger partial charge in [-0.3, -0.25) is 4.79 Å². The summed E-state index contributed by atoms with van der Waals surface area (Å²) in [5.41, 5.74) is -0.283. The third-order valence-electron chi connectivity index (χ3n) is 2.94. The number of fused-ring (bicyclic) bond motifs is 1. The number of thiophene rings is 1. The van der Waals surface area contributed by atoms with Crippen LogP contribution < -0.4 is 10.9 Å². The van der Waals surface area contributed by atoms with Crippen LogP contribution in [0.2, 0.25) is 5.02 Å². The van der Waals surface area contributed by atoms with E-state index in [4.69, 9.17) is 16.0 Å². The summed E-state index contributed by atoms with van der Waals surface area (Å²) < 4.78 is 5.13. The highest BCUT2D eigenvalue weighted by atomic mass is 35.5. The number of hydrogen-bond acceptors (Lipinski definition) is 4. The van der Waals surface area contributed by atoms with Crippen LogP contribution in [0.5, 0.6) is 0 Å². The van der Waals surface area contributed by atoms with Crippen LogP contribution in [0.1, 0.15) is 15.2 Å². The predicted molar refractivity (Wildman–Crippen MR) is 83.0 cm³/mol. The predicted octanol–water partition coefficient (Wildman–Crippen LogP) is 3.44. The Morgan fingerprint density at radius 1 is 1.29 bits per heavy atom. The maximum atomic E-state index is 12.1. The molecule has 3 aromatic rings. The van der Waals surface area contributed by atoms with Crippen molar-refractivity contribution in [2.75, 3.05) is 0 Å². The van der Waals surface area contributed by atoms with Gasteiger partial charge in [-0.25, -0.2) is 4.79 Å². The third kappa shape index (κ3) is 2.99. The number of hydrogen-bond donors (Lipinski definition) is 1. The highest BCUT2D eigenvalue weighted by Crippen LogP contribution is 2.18. The van der Waals surface area contributed by atoms with E-state index in [0.717, 1.165) is 4.88 Å². The molecule has 0 atom stereocenters. The number of benzene rings is 1. The molecule has 0 aliphatic rings. The number of halogens is 1. The summed E-state index contributed by atoms with van der Waals surface area (Å²) in [4.78, 5) is 25.0. The van der Waals surface area contributed by atoms with Crippen LogP contribution in [0.4, 0.5) is 0 Å². The number of carbonyl (C=O) groups excluding carboxylic acids is 1. The Bertz CT molecular complexity index is 855. The molecule has 21 heavy (non-hydrogen) atoms. The van der Waals surface area contributed by atoms with Crippen molar-refractivity contribution in [1.29, 1.82) is 0 Å². The molecule has 2 aromatic heterocycles. The SMILES string of the molecule is O=C(NCc1cccs1)c1cc2cc(Cl)ccc2oc1=O. The van der Waals surface area contributed by atoms with E-state index in [9.17, 15) is 9.59 Å². The van der Waals surface area contributed by atoms with Gasteiger partial charge in [0.1, 0.15) is 11.1 Å². The molecule has 0 bridgehead atoms. The molecule has 0 spiro atoms. The van der Waals surface area contributed by atoms with Crippen molar-refractivity contribution in [3.8, 4) is 0 Å². The molecule has 0 saturated heterocycles. The Labute approximate surface area is 129 Å². The van der Waals surface area contributed by atoms with Crippen molar-refractivity contribution in [1.82, 2.24) is 5.32 Å². The van der Waals surface area contributed by atoms with Crippen molar-refractivity contribution in [2.24, 2.45) is 0 Å². The van der Waals surface area contributed by atoms with Crippen molar-refractivity contribution in [2.45, 2.75) is 6.54 Å². The molecule has 6 heteroatoms. The summed E-state index contributed by atoms with van der Waals surface area (Å²) in [5, 5.41) is 5.75. The van der Waals surface area contributed by atoms with Crippen LogP contribution in [0, 0.1) is 0 Å². The second kappa shape index (κ2) is 5.71. The van der Waals surface area contributed by atoms with Crippen molar-refractivity contribution in [3.05, 3.63) is 67.7 Å². The van der Waals surface area contributed by atoms with E-state index in [1.165, 1.54) is 17.4 Å². The molecule has 0 fully saturated rings. The Hall–Kier alpha value is -2.11. The Balaban J connectivity index is 1.90. The third-order valence-corrected chi connectivity index (χ3v) is 4.05. The van der Waals surface area contributed by atoms with E-state index in [-0.39, 0.29) is 5.56 Å². The molecule has 106 valence electrons. The van der Waals surface area contributed by atoms with Crippen LogP contribution in [0.25, 0.3) is 11.0 Å². The zero-order valence-electron chi connectivity index (χ0n) is 10.8. The highest BCUT2D eigenvalue weighted by molar-refractivity contribution is 7.09. The lowest BCUT2D eigenvalue weighted by atomic mass is 10.2. The Morgan fingerprint density at radius 3 is 2.90 bits per heavy atom. The molecule has 1 amide bonds. The van der Waals surface area contributed by atoms with Gasteiger partial charge in [-0.1, -0.05) is 17.7 Å². The van der Waals surface area contributed by atoms with Crippen LogP contribution >= 0.6 is 22.9 Å². The molecule has 0 saturated carbocycles. The number of amides is 1. The second-order valence-electron chi connectivity index (χ2n) is 4.39. The standard InChI is InChI=1S/C15H10ClNO3S/c16-10-3-4-13-9(6-10)7-12(15(19)20-13)14(18)17-8-11-2-1-5-21-11/h1-7H,8H2,(H,17,18). The molecular weight excluding hydrogens is 310 g/mol. The molecule has 4 nitrogen and oxygen atoms in total. The largest absolute Gasteiger partial charge is 0.422 e. The van der Waals surface area contributed by atoms with Gasteiger partial charge in [-0.05, 0) is 35.7 Å². The summed E-state index contributed by atoms with van der Waals surface area (Å²) in [6.45, 7) is 0.378. The molecule has 3 rings (SSSR count). The Morgan fingerprint density at radius 2 is 2.14 bits per heavy atom. The monoisotopic (exact) mass is 319 g/mol. The molecule has 0 unspecified atom stereocenters. The second-order valence-corrected chi connectivity index (χ2v) is 5.86. The lowest BCUT2D eigenvalue weighted by Gasteiger charge is -2.04. The quantitative estimate of drug-likeness (QED) is 0.752. The molecular formula is C15H10ClNO3S. The average Bonchev–Trinajstić information content (AvgIpc) is 2.98. The summed E-state index contributed by atoms with van der Waals surface area (Å²) in [5.74, 6) is -0.459. The number of carbonyl (C=O) groups is 1. The van der Waals surface area contributed by atoms with E-state index in [0.29, 0.717) is 22.5 Å². The highest BCUT2D eigenvalue weighted by Gasteiger charge is 2.13. The van der Waals surface area contributed by atoms with Gasteiger partial charge in [-0.2, -0.15) is 0 Å². The molecule has 1 aromatic carbocycles. The van der Waals surface area contributed by atoms with Crippen LogP contribution in [0.15, 0.2) is 51.0 Å². The molecule has 1 N–H and O–H groups in total. The zero-order valence-corrected chi connectivity index (χ0v) is 12.3. The van der Waals surface area contributed by atoms with E-state index in [1.807, 2.05) is 17.5 Å². The van der Waals surface area contributed by atoms with Crippen molar-refractivity contribution in [3.63, 3.8) is 0 Å². The fourth-order valence-electron chi connectivity index (χ4n) is 1.93. The lowest BCUT2D eigenvalue weighted by molar-refractivity contribution is 0.0948.